The highest BCUT2D eigenvalue weighted by atomic mass is 16.5. The molecule has 2 saturated carbocycles. The average molecular weight is 413 g/mol. The second-order valence-electron chi connectivity index (χ2n) is 11.0. The van der Waals surface area contributed by atoms with Gasteiger partial charge in [-0.25, -0.2) is 0 Å². The van der Waals surface area contributed by atoms with E-state index in [1.54, 1.807) is 6.92 Å². The summed E-state index contributed by atoms with van der Waals surface area (Å²) in [6.45, 7) is 11.6. The van der Waals surface area contributed by atoms with Crippen LogP contribution in [0.2, 0.25) is 0 Å². The number of fused-ring (bicyclic) bond motifs is 5. The van der Waals surface area contributed by atoms with Gasteiger partial charge in [0.25, 0.3) is 0 Å². The van der Waals surface area contributed by atoms with Crippen LogP contribution >= 0.6 is 0 Å². The molecule has 0 bridgehead atoms. The maximum atomic E-state index is 13.1. The Morgan fingerprint density at radius 2 is 1.87 bits per heavy atom. The van der Waals surface area contributed by atoms with Gasteiger partial charge < -0.3 is 4.74 Å². The third-order valence-corrected chi connectivity index (χ3v) is 9.61. The standard InChI is InChI=1S/C27H40O3/c1-6-7-8-15-30-27(19(3)28)14-11-23-21-16-18(2)24-17-20(29)9-12-25(24,4)22(21)10-13-26(23,27)5/h16-17,21-23H,6-15H2,1-5H3/t21?,22?,23?,25?,26?,27-/m0/s1. The van der Waals surface area contributed by atoms with Gasteiger partial charge in [-0.2, -0.15) is 0 Å². The summed E-state index contributed by atoms with van der Waals surface area (Å²) >= 11 is 0. The Kier molecular flexibility index (Phi) is 5.66. The van der Waals surface area contributed by atoms with Crippen LogP contribution in [-0.2, 0) is 14.3 Å². The lowest BCUT2D eigenvalue weighted by Gasteiger charge is -2.58. The van der Waals surface area contributed by atoms with Crippen molar-refractivity contribution in [2.75, 3.05) is 6.61 Å². The van der Waals surface area contributed by atoms with Gasteiger partial charge in [0.05, 0.1) is 0 Å². The molecule has 0 saturated heterocycles. The van der Waals surface area contributed by atoms with E-state index in [1.807, 2.05) is 6.08 Å². The van der Waals surface area contributed by atoms with Crippen LogP contribution < -0.4 is 0 Å². The number of Topliss-reactive ketones (excluding diaryl/α,β-unsaturated/α-hetero) is 1. The van der Waals surface area contributed by atoms with Crippen LogP contribution in [0.5, 0.6) is 0 Å². The largest absolute Gasteiger partial charge is 0.367 e. The smallest absolute Gasteiger partial charge is 0.162 e. The summed E-state index contributed by atoms with van der Waals surface area (Å²) in [4.78, 5) is 25.2. The van der Waals surface area contributed by atoms with Crippen molar-refractivity contribution in [2.24, 2.45) is 28.6 Å². The highest BCUT2D eigenvalue weighted by Gasteiger charge is 2.66. The Morgan fingerprint density at radius 1 is 1.13 bits per heavy atom. The van der Waals surface area contributed by atoms with Crippen molar-refractivity contribution < 1.29 is 14.3 Å². The lowest BCUT2D eigenvalue weighted by molar-refractivity contribution is -0.172. The third kappa shape index (κ3) is 3.02. The first kappa shape index (κ1) is 22.0. The van der Waals surface area contributed by atoms with Crippen molar-refractivity contribution in [3.05, 3.63) is 23.3 Å². The molecule has 4 rings (SSSR count). The first-order valence-electron chi connectivity index (χ1n) is 12.3. The summed E-state index contributed by atoms with van der Waals surface area (Å²) < 4.78 is 6.55. The topological polar surface area (TPSA) is 43.4 Å². The first-order valence-corrected chi connectivity index (χ1v) is 12.3. The van der Waals surface area contributed by atoms with E-state index in [0.717, 1.165) is 44.9 Å². The van der Waals surface area contributed by atoms with Gasteiger partial charge in [-0.05, 0) is 87.2 Å². The molecule has 30 heavy (non-hydrogen) atoms. The van der Waals surface area contributed by atoms with Crippen molar-refractivity contribution >= 4 is 11.6 Å². The quantitative estimate of drug-likeness (QED) is 0.486. The Morgan fingerprint density at radius 3 is 2.57 bits per heavy atom. The average Bonchev–Trinajstić information content (AvgIpc) is 3.00. The summed E-state index contributed by atoms with van der Waals surface area (Å²) in [5.74, 6) is 2.05. The number of carbonyl (C=O) groups is 2. The van der Waals surface area contributed by atoms with Gasteiger partial charge in [0.1, 0.15) is 5.60 Å². The van der Waals surface area contributed by atoms with E-state index >= 15 is 0 Å². The van der Waals surface area contributed by atoms with Crippen LogP contribution in [0.4, 0.5) is 0 Å². The van der Waals surface area contributed by atoms with Gasteiger partial charge >= 0.3 is 0 Å². The number of hydrogen-bond acceptors (Lipinski definition) is 3. The molecule has 0 heterocycles. The molecule has 0 aliphatic heterocycles. The third-order valence-electron chi connectivity index (χ3n) is 9.61. The fourth-order valence-electron chi connectivity index (χ4n) is 7.93. The van der Waals surface area contributed by atoms with Gasteiger partial charge in [-0.1, -0.05) is 45.3 Å². The molecule has 5 unspecified atom stereocenters. The highest BCUT2D eigenvalue weighted by Crippen LogP contribution is 2.67. The first-order chi connectivity index (χ1) is 14.2. The predicted octanol–water partition coefficient (Wildman–Crippen LogP) is 6.22. The number of allylic oxidation sites excluding steroid dienone is 4. The summed E-state index contributed by atoms with van der Waals surface area (Å²) in [5, 5.41) is 0. The molecular weight excluding hydrogens is 372 g/mol. The van der Waals surface area contributed by atoms with Gasteiger partial charge in [0, 0.05) is 18.4 Å². The predicted molar refractivity (Wildman–Crippen MR) is 120 cm³/mol. The van der Waals surface area contributed by atoms with Crippen molar-refractivity contribution in [3.63, 3.8) is 0 Å². The Hall–Kier alpha value is -1.22. The molecule has 2 fully saturated rings. The van der Waals surface area contributed by atoms with E-state index in [-0.39, 0.29) is 22.4 Å². The summed E-state index contributed by atoms with van der Waals surface area (Å²) in [5.41, 5.74) is 1.97. The molecule has 3 heteroatoms. The van der Waals surface area contributed by atoms with Crippen LogP contribution in [0.15, 0.2) is 23.3 Å². The van der Waals surface area contributed by atoms with Crippen molar-refractivity contribution in [1.82, 2.24) is 0 Å². The molecule has 0 radical (unpaired) electrons. The fraction of sp³-hybridized carbons (Fsp3) is 0.778. The van der Waals surface area contributed by atoms with E-state index in [4.69, 9.17) is 4.74 Å². The molecule has 4 aliphatic carbocycles. The van der Waals surface area contributed by atoms with Crippen molar-refractivity contribution in [2.45, 2.75) is 98.0 Å². The molecule has 3 nitrogen and oxygen atoms in total. The lowest BCUT2D eigenvalue weighted by Crippen LogP contribution is -2.57. The molecule has 0 N–H and O–H groups in total. The number of hydrogen-bond donors (Lipinski definition) is 0. The second kappa shape index (κ2) is 7.73. The van der Waals surface area contributed by atoms with Gasteiger partial charge in [-0.15, -0.1) is 0 Å². The molecule has 166 valence electrons. The Balaban J connectivity index is 1.68. The second-order valence-corrected chi connectivity index (χ2v) is 11.0. The molecule has 0 aromatic carbocycles. The number of rotatable bonds is 6. The van der Waals surface area contributed by atoms with E-state index in [0.29, 0.717) is 30.8 Å². The van der Waals surface area contributed by atoms with E-state index in [9.17, 15) is 9.59 Å². The lowest BCUT2D eigenvalue weighted by atomic mass is 9.47. The maximum absolute atomic E-state index is 13.1. The molecule has 0 spiro atoms. The minimum atomic E-state index is -0.613. The molecular formula is C27H40O3. The maximum Gasteiger partial charge on any atom is 0.162 e. The molecule has 0 aromatic heterocycles. The Labute approximate surface area is 182 Å². The number of ketones is 2. The molecule has 0 aromatic rings. The van der Waals surface area contributed by atoms with E-state index < -0.39 is 5.60 Å². The minimum absolute atomic E-state index is 0.0922. The fourth-order valence-corrected chi connectivity index (χ4v) is 7.93. The molecule has 6 atom stereocenters. The van der Waals surface area contributed by atoms with E-state index in [1.165, 1.54) is 17.6 Å². The SMILES string of the molecule is CCCCCO[C@]1(C(C)=O)CCC2C3C=C(C)C4=CC(=O)CCC4(C)C3CCC21C. The van der Waals surface area contributed by atoms with E-state index in [2.05, 4.69) is 33.8 Å². The summed E-state index contributed by atoms with van der Waals surface area (Å²) in [6, 6.07) is 0. The van der Waals surface area contributed by atoms with Gasteiger partial charge in [-0.3, -0.25) is 9.59 Å². The number of ether oxygens (including phenoxy) is 1. The minimum Gasteiger partial charge on any atom is -0.367 e. The highest BCUT2D eigenvalue weighted by molar-refractivity contribution is 5.92. The van der Waals surface area contributed by atoms with Gasteiger partial charge in [0.2, 0.25) is 0 Å². The van der Waals surface area contributed by atoms with Gasteiger partial charge in [0.15, 0.2) is 11.6 Å². The normalized spacial score (nSPS) is 42.7. The van der Waals surface area contributed by atoms with Crippen LogP contribution in [0.3, 0.4) is 0 Å². The summed E-state index contributed by atoms with van der Waals surface area (Å²) in [6.07, 6.45) is 13.5. The number of carbonyl (C=O) groups excluding carboxylic acids is 2. The number of unbranched alkanes of at least 4 members (excludes halogenated alkanes) is 2. The molecule has 4 aliphatic rings. The monoisotopic (exact) mass is 412 g/mol. The van der Waals surface area contributed by atoms with Crippen LogP contribution in [0.1, 0.15) is 92.4 Å². The zero-order valence-corrected chi connectivity index (χ0v) is 19.7. The zero-order valence-electron chi connectivity index (χ0n) is 19.7. The Bertz CT molecular complexity index is 792. The zero-order chi connectivity index (χ0) is 21.7. The summed E-state index contributed by atoms with van der Waals surface area (Å²) in [7, 11) is 0. The molecule has 0 amide bonds. The van der Waals surface area contributed by atoms with Crippen LogP contribution in [-0.4, -0.2) is 23.8 Å². The van der Waals surface area contributed by atoms with Crippen molar-refractivity contribution in [1.29, 1.82) is 0 Å². The van der Waals surface area contributed by atoms with Crippen LogP contribution in [0, 0.1) is 28.6 Å². The van der Waals surface area contributed by atoms with Crippen molar-refractivity contribution in [3.8, 4) is 0 Å². The van der Waals surface area contributed by atoms with Crippen LogP contribution in [0.25, 0.3) is 0 Å².